The molecule has 0 heterocycles. The molecule has 0 aromatic heterocycles. The van der Waals surface area contributed by atoms with E-state index in [0.717, 1.165) is 15.6 Å². The first kappa shape index (κ1) is 13.0. The number of hydrogen-bond acceptors (Lipinski definition) is 3. The highest BCUT2D eigenvalue weighted by atomic mass is 79.9. The predicted molar refractivity (Wildman–Crippen MR) is 66.1 cm³/mol. The lowest BCUT2D eigenvalue weighted by molar-refractivity contribution is 0.0521. The Balaban J connectivity index is 3.35. The molecule has 0 aliphatic heterocycles. The minimum absolute atomic E-state index is 0.349. The molecule has 0 unspecified atom stereocenters. The Hall–Kier alpha value is -1.03. The zero-order valence-electron chi connectivity index (χ0n) is 9.89. The number of aryl methyl sites for hydroxylation is 1. The Morgan fingerprint density at radius 3 is 2.56 bits per heavy atom. The topological polar surface area (TPSA) is 35.5 Å². The highest BCUT2D eigenvalue weighted by Gasteiger charge is 2.19. The maximum absolute atomic E-state index is 11.8. The molecule has 0 saturated carbocycles. The predicted octanol–water partition coefficient (Wildman–Crippen LogP) is 3.25. The van der Waals surface area contributed by atoms with Crippen molar-refractivity contribution in [3.8, 4) is 5.75 Å². The van der Waals surface area contributed by atoms with E-state index >= 15 is 0 Å². The second-order valence-corrected chi connectivity index (χ2v) is 4.22. The van der Waals surface area contributed by atoms with Crippen LogP contribution in [0, 0.1) is 13.8 Å². The van der Waals surface area contributed by atoms with E-state index in [4.69, 9.17) is 9.47 Å². The van der Waals surface area contributed by atoms with Crippen LogP contribution in [0.25, 0.3) is 0 Å². The number of carbonyl (C=O) groups is 1. The number of halogens is 1. The van der Waals surface area contributed by atoms with E-state index in [2.05, 4.69) is 15.9 Å². The van der Waals surface area contributed by atoms with Crippen LogP contribution in [0.4, 0.5) is 0 Å². The van der Waals surface area contributed by atoms with E-state index in [0.29, 0.717) is 17.9 Å². The molecule has 3 nitrogen and oxygen atoms in total. The summed E-state index contributed by atoms with van der Waals surface area (Å²) in [5.74, 6) is 0.203. The van der Waals surface area contributed by atoms with Crippen molar-refractivity contribution >= 4 is 21.9 Å². The first-order valence-electron chi connectivity index (χ1n) is 5.03. The Kier molecular flexibility index (Phi) is 4.35. The number of esters is 1. The normalized spacial score (nSPS) is 10.1. The Morgan fingerprint density at radius 1 is 1.44 bits per heavy atom. The number of benzene rings is 1. The number of carbonyl (C=O) groups excluding carboxylic acids is 1. The van der Waals surface area contributed by atoms with Gasteiger partial charge in [0, 0.05) is 4.47 Å². The molecule has 0 fully saturated rings. The van der Waals surface area contributed by atoms with E-state index in [9.17, 15) is 4.79 Å². The molecule has 1 aromatic carbocycles. The molecule has 4 heteroatoms. The largest absolute Gasteiger partial charge is 0.496 e. The Morgan fingerprint density at radius 2 is 2.06 bits per heavy atom. The van der Waals surface area contributed by atoms with E-state index in [1.54, 1.807) is 14.0 Å². The SMILES string of the molecule is CCOC(=O)c1c(OC)cc(C)c(Br)c1C. The van der Waals surface area contributed by atoms with E-state index in [1.165, 1.54) is 0 Å². The lowest BCUT2D eigenvalue weighted by Crippen LogP contribution is -2.09. The average Bonchev–Trinajstić information content (AvgIpc) is 2.25. The van der Waals surface area contributed by atoms with Crippen LogP contribution in [-0.2, 0) is 4.74 Å². The van der Waals surface area contributed by atoms with Crippen molar-refractivity contribution in [2.24, 2.45) is 0 Å². The zero-order chi connectivity index (χ0) is 12.3. The van der Waals surface area contributed by atoms with Crippen molar-refractivity contribution < 1.29 is 14.3 Å². The summed E-state index contributed by atoms with van der Waals surface area (Å²) < 4.78 is 11.1. The van der Waals surface area contributed by atoms with Gasteiger partial charge in [-0.2, -0.15) is 0 Å². The first-order valence-corrected chi connectivity index (χ1v) is 5.83. The van der Waals surface area contributed by atoms with Crippen LogP contribution in [0.2, 0.25) is 0 Å². The number of ether oxygens (including phenoxy) is 2. The molecule has 0 radical (unpaired) electrons. The Labute approximate surface area is 104 Å². The lowest BCUT2D eigenvalue weighted by atomic mass is 10.0. The monoisotopic (exact) mass is 286 g/mol. The number of rotatable bonds is 3. The number of methoxy groups -OCH3 is 1. The fourth-order valence-electron chi connectivity index (χ4n) is 1.54. The third-order valence-electron chi connectivity index (χ3n) is 2.34. The third kappa shape index (κ3) is 2.38. The molecule has 0 bridgehead atoms. The standard InChI is InChI=1S/C12H15BrO3/c1-5-16-12(14)10-8(3)11(13)7(2)6-9(10)15-4/h6H,5H2,1-4H3. The average molecular weight is 287 g/mol. The number of hydrogen-bond donors (Lipinski definition) is 0. The van der Waals surface area contributed by atoms with Gasteiger partial charge in [0.1, 0.15) is 11.3 Å². The molecule has 0 amide bonds. The summed E-state index contributed by atoms with van der Waals surface area (Å²) in [4.78, 5) is 11.8. The summed E-state index contributed by atoms with van der Waals surface area (Å²) in [7, 11) is 1.55. The van der Waals surface area contributed by atoms with Gasteiger partial charge in [-0.1, -0.05) is 15.9 Å². The molecule has 0 spiro atoms. The van der Waals surface area contributed by atoms with Gasteiger partial charge in [0.05, 0.1) is 13.7 Å². The van der Waals surface area contributed by atoms with E-state index in [1.807, 2.05) is 19.9 Å². The van der Waals surface area contributed by atoms with Gasteiger partial charge in [-0.15, -0.1) is 0 Å². The second kappa shape index (κ2) is 5.34. The molecule has 1 rings (SSSR count). The molecule has 0 atom stereocenters. The lowest BCUT2D eigenvalue weighted by Gasteiger charge is -2.13. The van der Waals surface area contributed by atoms with Crippen molar-refractivity contribution in [2.45, 2.75) is 20.8 Å². The quantitative estimate of drug-likeness (QED) is 0.800. The molecule has 16 heavy (non-hydrogen) atoms. The third-order valence-corrected chi connectivity index (χ3v) is 3.56. The molecule has 0 aliphatic rings. The zero-order valence-corrected chi connectivity index (χ0v) is 11.5. The van der Waals surface area contributed by atoms with Crippen LogP contribution in [0.5, 0.6) is 5.75 Å². The molecular formula is C12H15BrO3. The highest BCUT2D eigenvalue weighted by Crippen LogP contribution is 2.32. The molecule has 0 saturated heterocycles. The molecular weight excluding hydrogens is 272 g/mol. The van der Waals surface area contributed by atoms with Gasteiger partial charge in [-0.3, -0.25) is 0 Å². The van der Waals surface area contributed by atoms with Crippen molar-refractivity contribution in [2.75, 3.05) is 13.7 Å². The molecule has 1 aromatic rings. The molecule has 88 valence electrons. The van der Waals surface area contributed by atoms with Gasteiger partial charge in [-0.25, -0.2) is 4.79 Å². The molecule has 0 N–H and O–H groups in total. The summed E-state index contributed by atoms with van der Waals surface area (Å²) >= 11 is 3.45. The van der Waals surface area contributed by atoms with Gasteiger partial charge < -0.3 is 9.47 Å². The van der Waals surface area contributed by atoms with Gasteiger partial charge in [0.25, 0.3) is 0 Å². The van der Waals surface area contributed by atoms with Gasteiger partial charge >= 0.3 is 5.97 Å². The fourth-order valence-corrected chi connectivity index (χ4v) is 1.85. The van der Waals surface area contributed by atoms with Crippen LogP contribution in [0.1, 0.15) is 28.4 Å². The smallest absolute Gasteiger partial charge is 0.342 e. The Bertz CT molecular complexity index is 413. The summed E-state index contributed by atoms with van der Waals surface area (Å²) in [6, 6.07) is 1.82. The van der Waals surface area contributed by atoms with Crippen molar-refractivity contribution in [3.05, 3.63) is 27.2 Å². The van der Waals surface area contributed by atoms with Gasteiger partial charge in [-0.05, 0) is 38.0 Å². The van der Waals surface area contributed by atoms with Crippen LogP contribution in [-0.4, -0.2) is 19.7 Å². The van der Waals surface area contributed by atoms with Crippen LogP contribution in [0.15, 0.2) is 10.5 Å². The van der Waals surface area contributed by atoms with Gasteiger partial charge in [0.15, 0.2) is 0 Å². The minimum Gasteiger partial charge on any atom is -0.496 e. The van der Waals surface area contributed by atoms with Crippen molar-refractivity contribution in [1.29, 1.82) is 0 Å². The van der Waals surface area contributed by atoms with Gasteiger partial charge in [0.2, 0.25) is 0 Å². The van der Waals surface area contributed by atoms with E-state index < -0.39 is 0 Å². The van der Waals surface area contributed by atoms with Crippen molar-refractivity contribution in [3.63, 3.8) is 0 Å². The highest BCUT2D eigenvalue weighted by molar-refractivity contribution is 9.10. The summed E-state index contributed by atoms with van der Waals surface area (Å²) in [6.45, 7) is 5.95. The maximum atomic E-state index is 11.8. The maximum Gasteiger partial charge on any atom is 0.342 e. The first-order chi connectivity index (χ1) is 7.52. The van der Waals surface area contributed by atoms with Crippen LogP contribution < -0.4 is 4.74 Å². The van der Waals surface area contributed by atoms with Crippen molar-refractivity contribution in [1.82, 2.24) is 0 Å². The van der Waals surface area contributed by atoms with Crippen LogP contribution >= 0.6 is 15.9 Å². The molecule has 0 aliphatic carbocycles. The minimum atomic E-state index is -0.349. The van der Waals surface area contributed by atoms with E-state index in [-0.39, 0.29) is 5.97 Å². The second-order valence-electron chi connectivity index (χ2n) is 3.43. The summed E-state index contributed by atoms with van der Waals surface area (Å²) in [5, 5.41) is 0. The van der Waals surface area contributed by atoms with Crippen LogP contribution in [0.3, 0.4) is 0 Å². The summed E-state index contributed by atoms with van der Waals surface area (Å²) in [6.07, 6.45) is 0. The fraction of sp³-hybridized carbons (Fsp3) is 0.417. The summed E-state index contributed by atoms with van der Waals surface area (Å²) in [5.41, 5.74) is 2.36.